The maximum absolute atomic E-state index is 12.7. The van der Waals surface area contributed by atoms with Crippen LogP contribution in [0.2, 0.25) is 0 Å². The minimum Gasteiger partial charge on any atom is -0.457 e. The van der Waals surface area contributed by atoms with Crippen LogP contribution in [0.5, 0.6) is 11.5 Å². The van der Waals surface area contributed by atoms with Crippen molar-refractivity contribution >= 4 is 11.8 Å². The van der Waals surface area contributed by atoms with Crippen molar-refractivity contribution in [2.24, 2.45) is 0 Å². The van der Waals surface area contributed by atoms with E-state index in [0.717, 1.165) is 5.75 Å². The molecule has 2 aromatic rings. The molecule has 0 unspecified atom stereocenters. The van der Waals surface area contributed by atoms with Gasteiger partial charge in [0, 0.05) is 45.8 Å². The van der Waals surface area contributed by atoms with Crippen LogP contribution >= 0.6 is 0 Å². The monoisotopic (exact) mass is 367 g/mol. The molecule has 0 atom stereocenters. The Kier molecular flexibility index (Phi) is 6.08. The number of carbonyl (C=O) groups is 2. The fourth-order valence-corrected chi connectivity index (χ4v) is 2.91. The minimum atomic E-state index is 0.0137. The molecule has 2 aromatic carbocycles. The predicted molar refractivity (Wildman–Crippen MR) is 104 cm³/mol. The fraction of sp³-hybridized carbons (Fsp3) is 0.333. The lowest BCUT2D eigenvalue weighted by Gasteiger charge is -2.34. The fourth-order valence-electron chi connectivity index (χ4n) is 2.91. The summed E-state index contributed by atoms with van der Waals surface area (Å²) in [5, 5.41) is 0. The average molecular weight is 367 g/mol. The Morgan fingerprint density at radius 3 is 2.07 bits per heavy atom. The molecule has 0 radical (unpaired) electrons. The summed E-state index contributed by atoms with van der Waals surface area (Å²) in [5.74, 6) is 1.56. The largest absolute Gasteiger partial charge is 0.457 e. The number of amides is 2. The Balaban J connectivity index is 1.53. The van der Waals surface area contributed by atoms with Crippen LogP contribution in [0.1, 0.15) is 10.4 Å². The van der Waals surface area contributed by atoms with Gasteiger partial charge in [0.25, 0.3) is 5.91 Å². The van der Waals surface area contributed by atoms with Gasteiger partial charge in [-0.3, -0.25) is 14.5 Å². The first-order chi connectivity index (χ1) is 13.0. The van der Waals surface area contributed by atoms with Crippen LogP contribution in [0.25, 0.3) is 0 Å². The zero-order valence-corrected chi connectivity index (χ0v) is 15.8. The van der Waals surface area contributed by atoms with Gasteiger partial charge >= 0.3 is 0 Å². The molecule has 0 saturated carbocycles. The summed E-state index contributed by atoms with van der Waals surface area (Å²) in [6.45, 7) is 3.07. The zero-order chi connectivity index (χ0) is 19.2. The Morgan fingerprint density at radius 1 is 0.889 bits per heavy atom. The highest BCUT2D eigenvalue weighted by molar-refractivity contribution is 5.94. The van der Waals surface area contributed by atoms with Gasteiger partial charge in [0.15, 0.2) is 0 Å². The number of likely N-dealkylation sites (N-methyl/N-ethyl adjacent to an activating group) is 1. The van der Waals surface area contributed by atoms with Gasteiger partial charge in [-0.25, -0.2) is 0 Å². The van der Waals surface area contributed by atoms with Crippen molar-refractivity contribution < 1.29 is 14.3 Å². The highest BCUT2D eigenvalue weighted by Crippen LogP contribution is 2.21. The van der Waals surface area contributed by atoms with Crippen LogP contribution in [0.4, 0.5) is 0 Å². The summed E-state index contributed by atoms with van der Waals surface area (Å²) in [7, 11) is 3.51. The maximum atomic E-state index is 12.7. The highest BCUT2D eigenvalue weighted by Gasteiger charge is 2.23. The van der Waals surface area contributed by atoms with Crippen LogP contribution in [0.3, 0.4) is 0 Å². The van der Waals surface area contributed by atoms with Crippen molar-refractivity contribution in [3.8, 4) is 11.5 Å². The lowest BCUT2D eigenvalue weighted by Crippen LogP contribution is -2.51. The van der Waals surface area contributed by atoms with Crippen molar-refractivity contribution in [2.75, 3.05) is 46.8 Å². The van der Waals surface area contributed by atoms with Gasteiger partial charge in [-0.2, -0.15) is 0 Å². The second kappa shape index (κ2) is 8.68. The van der Waals surface area contributed by atoms with Gasteiger partial charge in [-0.1, -0.05) is 18.2 Å². The van der Waals surface area contributed by atoms with E-state index in [1.54, 1.807) is 31.1 Å². The van der Waals surface area contributed by atoms with Gasteiger partial charge in [-0.15, -0.1) is 0 Å². The SMILES string of the molecule is CN(C)C(=O)CN1CCN(C(=O)c2ccc(Oc3ccccc3)cc2)CC1. The van der Waals surface area contributed by atoms with Crippen LogP contribution in [0.15, 0.2) is 54.6 Å². The molecule has 0 N–H and O–H groups in total. The minimum absolute atomic E-state index is 0.0137. The highest BCUT2D eigenvalue weighted by atomic mass is 16.5. The number of nitrogens with zero attached hydrogens (tertiary/aromatic N) is 3. The number of carbonyl (C=O) groups excluding carboxylic acids is 2. The Morgan fingerprint density at radius 2 is 1.48 bits per heavy atom. The smallest absolute Gasteiger partial charge is 0.253 e. The van der Waals surface area contributed by atoms with E-state index >= 15 is 0 Å². The Hall–Kier alpha value is -2.86. The molecule has 1 fully saturated rings. The predicted octanol–water partition coefficient (Wildman–Crippen LogP) is 2.32. The molecule has 0 aromatic heterocycles. The lowest BCUT2D eigenvalue weighted by molar-refractivity contribution is -0.130. The number of benzene rings is 2. The normalized spacial score (nSPS) is 14.7. The molecule has 1 saturated heterocycles. The molecule has 2 amide bonds. The lowest BCUT2D eigenvalue weighted by atomic mass is 10.1. The number of hydrogen-bond acceptors (Lipinski definition) is 4. The molecular formula is C21H25N3O3. The van der Waals surface area contributed by atoms with Crippen molar-refractivity contribution in [3.05, 3.63) is 60.2 Å². The molecule has 3 rings (SSSR count). The van der Waals surface area contributed by atoms with E-state index < -0.39 is 0 Å². The molecular weight excluding hydrogens is 342 g/mol. The third-order valence-electron chi connectivity index (χ3n) is 4.60. The third kappa shape index (κ3) is 5.08. The van der Waals surface area contributed by atoms with Gasteiger partial charge in [-0.05, 0) is 36.4 Å². The molecule has 1 aliphatic rings. The number of ether oxygens (including phenoxy) is 1. The summed E-state index contributed by atoms with van der Waals surface area (Å²) in [4.78, 5) is 30.0. The van der Waals surface area contributed by atoms with E-state index in [1.165, 1.54) is 0 Å². The van der Waals surface area contributed by atoms with Crippen molar-refractivity contribution in [1.82, 2.24) is 14.7 Å². The van der Waals surface area contributed by atoms with E-state index in [1.807, 2.05) is 47.4 Å². The molecule has 6 heteroatoms. The van der Waals surface area contributed by atoms with Crippen LogP contribution in [-0.2, 0) is 4.79 Å². The zero-order valence-electron chi connectivity index (χ0n) is 15.8. The molecule has 1 heterocycles. The first-order valence-corrected chi connectivity index (χ1v) is 9.07. The Bertz CT molecular complexity index is 767. The van der Waals surface area contributed by atoms with Crippen molar-refractivity contribution in [1.29, 1.82) is 0 Å². The summed E-state index contributed by atoms with van der Waals surface area (Å²) in [5.41, 5.74) is 0.647. The van der Waals surface area contributed by atoms with E-state index in [4.69, 9.17) is 4.74 Å². The summed E-state index contributed by atoms with van der Waals surface area (Å²) in [6, 6.07) is 16.8. The average Bonchev–Trinajstić information content (AvgIpc) is 2.69. The van der Waals surface area contributed by atoms with Crippen molar-refractivity contribution in [3.63, 3.8) is 0 Å². The van der Waals surface area contributed by atoms with Crippen molar-refractivity contribution in [2.45, 2.75) is 0 Å². The summed E-state index contributed by atoms with van der Waals surface area (Å²) < 4.78 is 5.76. The second-order valence-corrected chi connectivity index (χ2v) is 6.80. The first-order valence-electron chi connectivity index (χ1n) is 9.07. The molecule has 27 heavy (non-hydrogen) atoms. The molecule has 0 spiro atoms. The topological polar surface area (TPSA) is 53.1 Å². The van der Waals surface area contributed by atoms with Crippen LogP contribution in [0, 0.1) is 0 Å². The standard InChI is InChI=1S/C21H25N3O3/c1-22(2)20(25)16-23-12-14-24(15-13-23)21(26)17-8-10-19(11-9-17)27-18-6-4-3-5-7-18/h3-11H,12-16H2,1-2H3. The van der Waals surface area contributed by atoms with E-state index in [0.29, 0.717) is 44.0 Å². The molecule has 0 bridgehead atoms. The van der Waals surface area contributed by atoms with Gasteiger partial charge in [0.05, 0.1) is 6.54 Å². The number of rotatable bonds is 5. The summed E-state index contributed by atoms with van der Waals surface area (Å²) in [6.07, 6.45) is 0. The molecule has 1 aliphatic heterocycles. The van der Waals surface area contributed by atoms with Gasteiger partial charge in [0.2, 0.25) is 5.91 Å². The van der Waals surface area contributed by atoms with E-state index in [2.05, 4.69) is 4.90 Å². The van der Waals surface area contributed by atoms with E-state index in [-0.39, 0.29) is 11.8 Å². The van der Waals surface area contributed by atoms with Gasteiger partial charge in [0.1, 0.15) is 11.5 Å². The number of piperazine rings is 1. The van der Waals surface area contributed by atoms with Gasteiger partial charge < -0.3 is 14.5 Å². The summed E-state index contributed by atoms with van der Waals surface area (Å²) >= 11 is 0. The second-order valence-electron chi connectivity index (χ2n) is 6.80. The number of para-hydroxylation sites is 1. The van der Waals surface area contributed by atoms with E-state index in [9.17, 15) is 9.59 Å². The maximum Gasteiger partial charge on any atom is 0.253 e. The van der Waals surface area contributed by atoms with Crippen LogP contribution < -0.4 is 4.74 Å². The third-order valence-corrected chi connectivity index (χ3v) is 4.60. The van der Waals surface area contributed by atoms with Crippen LogP contribution in [-0.4, -0.2) is 73.3 Å². The Labute approximate surface area is 159 Å². The molecule has 6 nitrogen and oxygen atoms in total. The molecule has 0 aliphatic carbocycles. The first kappa shape index (κ1) is 18.9. The number of hydrogen-bond donors (Lipinski definition) is 0. The quantitative estimate of drug-likeness (QED) is 0.814. The molecule has 142 valence electrons.